The van der Waals surface area contributed by atoms with Gasteiger partial charge in [0.15, 0.2) is 5.69 Å². The van der Waals surface area contributed by atoms with Crippen LogP contribution in [0.5, 0.6) is 0 Å². The van der Waals surface area contributed by atoms with Gasteiger partial charge < -0.3 is 5.32 Å². The Labute approximate surface area is 167 Å². The van der Waals surface area contributed by atoms with Gasteiger partial charge in [0.2, 0.25) is 0 Å². The molecule has 1 N–H and O–H groups in total. The molecule has 0 saturated heterocycles. The molecule has 0 aliphatic heterocycles. The highest BCUT2D eigenvalue weighted by atomic mass is 16.1. The van der Waals surface area contributed by atoms with Crippen LogP contribution in [0, 0.1) is 0 Å². The van der Waals surface area contributed by atoms with Gasteiger partial charge in [-0.25, -0.2) is 0 Å². The number of aromatic nitrogens is 2. The number of hydrogen-bond donors (Lipinski definition) is 1. The molecule has 1 aromatic heterocycles. The van der Waals surface area contributed by atoms with Crippen molar-refractivity contribution >= 4 is 5.91 Å². The SMILES string of the molecule is C=CCN(CC=C)[C@H]1CCc2c(c(C(=O)NC)nn2CCc2ccccc2)C1. The molecule has 2 aromatic rings. The van der Waals surface area contributed by atoms with Crippen molar-refractivity contribution in [3.63, 3.8) is 0 Å². The smallest absolute Gasteiger partial charge is 0.271 e. The Morgan fingerprint density at radius 3 is 2.64 bits per heavy atom. The molecule has 0 saturated carbocycles. The lowest BCUT2D eigenvalue weighted by molar-refractivity contribution is 0.0955. The van der Waals surface area contributed by atoms with Crippen LogP contribution in [0.3, 0.4) is 0 Å². The molecule has 0 fully saturated rings. The molecule has 1 aliphatic carbocycles. The van der Waals surface area contributed by atoms with Crippen LogP contribution in [0.2, 0.25) is 0 Å². The van der Waals surface area contributed by atoms with Gasteiger partial charge in [-0.05, 0) is 31.2 Å². The minimum atomic E-state index is -0.102. The molecule has 0 bridgehead atoms. The van der Waals surface area contributed by atoms with E-state index in [0.29, 0.717) is 11.7 Å². The zero-order valence-corrected chi connectivity index (χ0v) is 16.7. The number of rotatable bonds is 9. The van der Waals surface area contributed by atoms with Gasteiger partial charge in [0.1, 0.15) is 0 Å². The van der Waals surface area contributed by atoms with Crippen molar-refractivity contribution in [2.75, 3.05) is 20.1 Å². The zero-order valence-electron chi connectivity index (χ0n) is 16.7. The number of carbonyl (C=O) groups excluding carboxylic acids is 1. The Hall–Kier alpha value is -2.66. The van der Waals surface area contributed by atoms with Gasteiger partial charge in [0, 0.05) is 44.0 Å². The topological polar surface area (TPSA) is 50.2 Å². The van der Waals surface area contributed by atoms with Crippen molar-refractivity contribution in [1.82, 2.24) is 20.0 Å². The first-order chi connectivity index (χ1) is 13.7. The van der Waals surface area contributed by atoms with Gasteiger partial charge in [-0.1, -0.05) is 42.5 Å². The molecular weight excluding hydrogens is 348 g/mol. The number of nitrogens with one attached hydrogen (secondary N) is 1. The van der Waals surface area contributed by atoms with Gasteiger partial charge in [-0.2, -0.15) is 5.10 Å². The summed E-state index contributed by atoms with van der Waals surface area (Å²) in [7, 11) is 1.67. The van der Waals surface area contributed by atoms with Crippen LogP contribution in [0.1, 0.15) is 33.7 Å². The number of amides is 1. The fraction of sp³-hybridized carbons (Fsp3) is 0.391. The van der Waals surface area contributed by atoms with E-state index in [0.717, 1.165) is 50.9 Å². The van der Waals surface area contributed by atoms with Gasteiger partial charge in [-0.3, -0.25) is 14.4 Å². The maximum Gasteiger partial charge on any atom is 0.271 e. The summed E-state index contributed by atoms with van der Waals surface area (Å²) in [6.45, 7) is 10.2. The number of benzene rings is 1. The first kappa shape index (κ1) is 20.1. The van der Waals surface area contributed by atoms with Gasteiger partial charge in [0.25, 0.3) is 5.91 Å². The number of carbonyl (C=O) groups is 1. The number of hydrogen-bond acceptors (Lipinski definition) is 3. The monoisotopic (exact) mass is 378 g/mol. The standard InChI is InChI=1S/C23H30N4O/c1-4-14-26(15-5-2)19-11-12-21-20(17-19)22(23(28)24-3)25-27(21)16-13-18-9-7-6-8-10-18/h4-10,19H,1-2,11-17H2,3H3,(H,24,28)/t19-/m0/s1. The average molecular weight is 379 g/mol. The second kappa shape index (κ2) is 9.51. The van der Waals surface area contributed by atoms with E-state index in [9.17, 15) is 4.79 Å². The van der Waals surface area contributed by atoms with Crippen molar-refractivity contribution in [3.8, 4) is 0 Å². The summed E-state index contributed by atoms with van der Waals surface area (Å²) < 4.78 is 2.05. The lowest BCUT2D eigenvalue weighted by Gasteiger charge is -2.33. The number of fused-ring (bicyclic) bond motifs is 1. The fourth-order valence-electron chi connectivity index (χ4n) is 4.05. The molecular formula is C23H30N4O. The molecule has 1 aliphatic rings. The van der Waals surface area contributed by atoms with Crippen LogP contribution in [0.25, 0.3) is 0 Å². The van der Waals surface area contributed by atoms with Crippen LogP contribution in [0.15, 0.2) is 55.6 Å². The van der Waals surface area contributed by atoms with Crippen LogP contribution >= 0.6 is 0 Å². The Kier molecular flexibility index (Phi) is 6.82. The minimum Gasteiger partial charge on any atom is -0.354 e. The van der Waals surface area contributed by atoms with Crippen LogP contribution in [0.4, 0.5) is 0 Å². The molecule has 1 amide bonds. The fourth-order valence-corrected chi connectivity index (χ4v) is 4.05. The molecule has 1 atom stereocenters. The number of aryl methyl sites for hydroxylation is 2. The summed E-state index contributed by atoms with van der Waals surface area (Å²) in [5, 5.41) is 7.46. The van der Waals surface area contributed by atoms with E-state index in [4.69, 9.17) is 5.10 Å². The Bertz CT molecular complexity index is 815. The maximum absolute atomic E-state index is 12.5. The maximum atomic E-state index is 12.5. The van der Waals surface area contributed by atoms with Crippen molar-refractivity contribution in [1.29, 1.82) is 0 Å². The summed E-state index contributed by atoms with van der Waals surface area (Å²) >= 11 is 0. The molecule has 1 aromatic carbocycles. The molecule has 1 heterocycles. The van der Waals surface area contributed by atoms with Crippen LogP contribution in [-0.2, 0) is 25.8 Å². The highest BCUT2D eigenvalue weighted by Gasteiger charge is 2.30. The molecule has 148 valence electrons. The number of nitrogens with zero attached hydrogens (tertiary/aromatic N) is 3. The first-order valence-corrected chi connectivity index (χ1v) is 9.98. The summed E-state index contributed by atoms with van der Waals surface area (Å²) in [5.41, 5.74) is 4.17. The molecule has 5 heteroatoms. The zero-order chi connectivity index (χ0) is 19.9. The summed E-state index contributed by atoms with van der Waals surface area (Å²) in [6.07, 6.45) is 7.60. The lowest BCUT2D eigenvalue weighted by atomic mass is 9.90. The van der Waals surface area contributed by atoms with E-state index < -0.39 is 0 Å². The molecule has 5 nitrogen and oxygen atoms in total. The van der Waals surface area contributed by atoms with E-state index in [-0.39, 0.29) is 5.91 Å². The normalized spacial score (nSPS) is 15.9. The third-order valence-electron chi connectivity index (χ3n) is 5.46. The van der Waals surface area contributed by atoms with E-state index in [1.54, 1.807) is 7.05 Å². The van der Waals surface area contributed by atoms with Crippen molar-refractivity contribution in [2.24, 2.45) is 0 Å². The van der Waals surface area contributed by atoms with E-state index in [2.05, 4.69) is 52.3 Å². The van der Waals surface area contributed by atoms with Crippen molar-refractivity contribution in [2.45, 2.75) is 38.3 Å². The van der Waals surface area contributed by atoms with E-state index in [1.165, 1.54) is 11.3 Å². The predicted octanol–water partition coefficient (Wildman–Crippen LogP) is 3.02. The van der Waals surface area contributed by atoms with E-state index in [1.807, 2.05) is 18.2 Å². The second-order valence-electron chi connectivity index (χ2n) is 7.24. The predicted molar refractivity (Wildman–Crippen MR) is 114 cm³/mol. The Morgan fingerprint density at radius 2 is 2.00 bits per heavy atom. The van der Waals surface area contributed by atoms with Crippen LogP contribution in [-0.4, -0.2) is 46.8 Å². The van der Waals surface area contributed by atoms with E-state index >= 15 is 0 Å². The largest absolute Gasteiger partial charge is 0.354 e. The molecule has 0 spiro atoms. The van der Waals surface area contributed by atoms with Gasteiger partial charge >= 0.3 is 0 Å². The minimum absolute atomic E-state index is 0.102. The summed E-state index contributed by atoms with van der Waals surface area (Å²) in [5.74, 6) is -0.102. The van der Waals surface area contributed by atoms with Gasteiger partial charge in [0.05, 0.1) is 0 Å². The Balaban J connectivity index is 1.85. The molecule has 0 unspecified atom stereocenters. The quantitative estimate of drug-likeness (QED) is 0.683. The highest BCUT2D eigenvalue weighted by Crippen LogP contribution is 2.28. The third kappa shape index (κ3) is 4.42. The second-order valence-corrected chi connectivity index (χ2v) is 7.24. The molecule has 3 rings (SSSR count). The summed E-state index contributed by atoms with van der Waals surface area (Å²) in [4.78, 5) is 14.8. The third-order valence-corrected chi connectivity index (χ3v) is 5.46. The molecule has 28 heavy (non-hydrogen) atoms. The molecule has 0 radical (unpaired) electrons. The van der Waals surface area contributed by atoms with Crippen LogP contribution < -0.4 is 5.32 Å². The summed E-state index contributed by atoms with van der Waals surface area (Å²) in [6, 6.07) is 10.8. The van der Waals surface area contributed by atoms with Crippen molar-refractivity contribution < 1.29 is 4.79 Å². The first-order valence-electron chi connectivity index (χ1n) is 9.98. The lowest BCUT2D eigenvalue weighted by Crippen LogP contribution is -2.40. The highest BCUT2D eigenvalue weighted by molar-refractivity contribution is 5.93. The average Bonchev–Trinajstić information content (AvgIpc) is 3.10. The Morgan fingerprint density at radius 1 is 1.29 bits per heavy atom. The van der Waals surface area contributed by atoms with Crippen molar-refractivity contribution in [3.05, 3.63) is 78.2 Å². The van der Waals surface area contributed by atoms with Gasteiger partial charge in [-0.15, -0.1) is 13.2 Å².